The topological polar surface area (TPSA) is 46.4 Å². The minimum absolute atomic E-state index is 0.294. The normalized spacial score (nSPS) is 21.2. The number of hydrogen-bond donors (Lipinski definition) is 0. The molecule has 2 heterocycles. The van der Waals surface area contributed by atoms with Gasteiger partial charge in [-0.1, -0.05) is 6.92 Å². The van der Waals surface area contributed by atoms with Crippen molar-refractivity contribution in [1.29, 1.82) is 0 Å². The summed E-state index contributed by atoms with van der Waals surface area (Å²) >= 11 is 0. The summed E-state index contributed by atoms with van der Waals surface area (Å²) in [6.07, 6.45) is 1.22. The van der Waals surface area contributed by atoms with E-state index in [-0.39, 0.29) is 0 Å². The maximum absolute atomic E-state index is 5.79. The van der Waals surface area contributed by atoms with E-state index in [1.54, 1.807) is 0 Å². The van der Waals surface area contributed by atoms with Crippen LogP contribution in [0.25, 0.3) is 0 Å². The number of nitrogens with zero attached hydrogens (tertiary/aromatic N) is 5. The SMILES string of the molecule is CCc1nnc(CN2CCOC(CN(C)C)C2)n1C. The molecule has 0 aliphatic carbocycles. The summed E-state index contributed by atoms with van der Waals surface area (Å²) in [6.45, 7) is 6.67. The second kappa shape index (κ2) is 6.45. The van der Waals surface area contributed by atoms with Crippen molar-refractivity contribution in [2.75, 3.05) is 40.3 Å². The van der Waals surface area contributed by atoms with Gasteiger partial charge in [0.2, 0.25) is 0 Å². The quantitative estimate of drug-likeness (QED) is 0.759. The minimum atomic E-state index is 0.294. The van der Waals surface area contributed by atoms with Crippen LogP contribution in [0.2, 0.25) is 0 Å². The Morgan fingerprint density at radius 3 is 2.68 bits per heavy atom. The van der Waals surface area contributed by atoms with Crippen LogP contribution in [0.3, 0.4) is 0 Å². The predicted molar refractivity (Wildman–Crippen MR) is 74.0 cm³/mol. The van der Waals surface area contributed by atoms with Crippen molar-refractivity contribution in [2.45, 2.75) is 26.0 Å². The van der Waals surface area contributed by atoms with Crippen molar-refractivity contribution in [2.24, 2.45) is 7.05 Å². The van der Waals surface area contributed by atoms with Gasteiger partial charge in [0.15, 0.2) is 0 Å². The summed E-state index contributed by atoms with van der Waals surface area (Å²) in [5.41, 5.74) is 0. The largest absolute Gasteiger partial charge is 0.374 e. The molecule has 1 atom stereocenters. The Hall–Kier alpha value is -0.980. The number of likely N-dealkylation sites (N-methyl/N-ethyl adjacent to an activating group) is 1. The lowest BCUT2D eigenvalue weighted by Crippen LogP contribution is -2.46. The van der Waals surface area contributed by atoms with E-state index in [0.717, 1.165) is 50.9 Å². The maximum Gasteiger partial charge on any atom is 0.146 e. The van der Waals surface area contributed by atoms with Gasteiger partial charge >= 0.3 is 0 Å². The molecule has 1 saturated heterocycles. The van der Waals surface area contributed by atoms with E-state index in [1.807, 2.05) is 7.05 Å². The number of aryl methyl sites for hydroxylation is 1. The van der Waals surface area contributed by atoms with Crippen LogP contribution in [0, 0.1) is 0 Å². The van der Waals surface area contributed by atoms with Crippen molar-refractivity contribution < 1.29 is 4.74 Å². The van der Waals surface area contributed by atoms with Gasteiger partial charge in [-0.3, -0.25) is 4.90 Å². The molecule has 1 aliphatic rings. The zero-order chi connectivity index (χ0) is 13.8. The van der Waals surface area contributed by atoms with E-state index in [0.29, 0.717) is 6.10 Å². The highest BCUT2D eigenvalue weighted by Crippen LogP contribution is 2.10. The molecule has 2 rings (SSSR count). The molecular weight excluding hydrogens is 242 g/mol. The highest BCUT2D eigenvalue weighted by Gasteiger charge is 2.22. The fourth-order valence-electron chi connectivity index (χ4n) is 2.49. The molecule has 0 aromatic carbocycles. The van der Waals surface area contributed by atoms with Crippen molar-refractivity contribution >= 4 is 0 Å². The Labute approximate surface area is 115 Å². The van der Waals surface area contributed by atoms with Gasteiger partial charge in [-0.2, -0.15) is 0 Å². The molecule has 6 heteroatoms. The standard InChI is InChI=1S/C13H25N5O/c1-5-12-14-15-13(17(12)4)10-18-6-7-19-11(9-18)8-16(2)3/h11H,5-10H2,1-4H3. The van der Waals surface area contributed by atoms with E-state index in [1.165, 1.54) is 0 Å². The number of hydrogen-bond acceptors (Lipinski definition) is 5. The van der Waals surface area contributed by atoms with E-state index in [2.05, 4.69) is 45.6 Å². The first-order valence-corrected chi connectivity index (χ1v) is 6.96. The monoisotopic (exact) mass is 267 g/mol. The van der Waals surface area contributed by atoms with Crippen molar-refractivity contribution in [3.05, 3.63) is 11.6 Å². The lowest BCUT2D eigenvalue weighted by atomic mass is 10.2. The molecule has 1 aliphatic heterocycles. The summed E-state index contributed by atoms with van der Waals surface area (Å²) in [7, 11) is 6.21. The molecule has 1 unspecified atom stereocenters. The molecule has 0 spiro atoms. The highest BCUT2D eigenvalue weighted by molar-refractivity contribution is 4.95. The Morgan fingerprint density at radius 2 is 2.05 bits per heavy atom. The minimum Gasteiger partial charge on any atom is -0.374 e. The van der Waals surface area contributed by atoms with Gasteiger partial charge in [0, 0.05) is 33.1 Å². The summed E-state index contributed by atoms with van der Waals surface area (Å²) in [5, 5.41) is 8.50. The number of ether oxygens (including phenoxy) is 1. The Balaban J connectivity index is 1.93. The van der Waals surface area contributed by atoms with Crippen LogP contribution in [0.5, 0.6) is 0 Å². The van der Waals surface area contributed by atoms with Crippen LogP contribution >= 0.6 is 0 Å². The molecule has 6 nitrogen and oxygen atoms in total. The van der Waals surface area contributed by atoms with E-state index in [9.17, 15) is 0 Å². The summed E-state index contributed by atoms with van der Waals surface area (Å²) in [4.78, 5) is 4.58. The molecule has 0 N–H and O–H groups in total. The van der Waals surface area contributed by atoms with Crippen molar-refractivity contribution in [1.82, 2.24) is 24.6 Å². The molecular formula is C13H25N5O. The molecule has 0 saturated carbocycles. The molecule has 1 aromatic heterocycles. The van der Waals surface area contributed by atoms with Gasteiger partial charge in [-0.15, -0.1) is 10.2 Å². The zero-order valence-corrected chi connectivity index (χ0v) is 12.5. The van der Waals surface area contributed by atoms with Gasteiger partial charge in [-0.05, 0) is 14.1 Å². The van der Waals surface area contributed by atoms with E-state index < -0.39 is 0 Å². The zero-order valence-electron chi connectivity index (χ0n) is 12.5. The molecule has 0 amide bonds. The second-order valence-corrected chi connectivity index (χ2v) is 5.44. The third-order valence-electron chi connectivity index (χ3n) is 3.53. The molecule has 1 aromatic rings. The first-order valence-electron chi connectivity index (χ1n) is 6.96. The Bertz CT molecular complexity index is 404. The van der Waals surface area contributed by atoms with Crippen LogP contribution < -0.4 is 0 Å². The van der Waals surface area contributed by atoms with Gasteiger partial charge in [0.05, 0.1) is 19.3 Å². The Kier molecular flexibility index (Phi) is 4.90. The average Bonchev–Trinajstić information content (AvgIpc) is 2.70. The number of rotatable bonds is 5. The molecule has 0 radical (unpaired) electrons. The van der Waals surface area contributed by atoms with Crippen molar-refractivity contribution in [3.8, 4) is 0 Å². The predicted octanol–water partition coefficient (Wildman–Crippen LogP) is 0.140. The first-order chi connectivity index (χ1) is 9.10. The van der Waals surface area contributed by atoms with Crippen LogP contribution in [0.15, 0.2) is 0 Å². The lowest BCUT2D eigenvalue weighted by molar-refractivity contribution is -0.0415. The van der Waals surface area contributed by atoms with Crippen LogP contribution in [0.4, 0.5) is 0 Å². The van der Waals surface area contributed by atoms with E-state index in [4.69, 9.17) is 4.74 Å². The fourth-order valence-corrected chi connectivity index (χ4v) is 2.49. The van der Waals surface area contributed by atoms with Gasteiger partial charge in [-0.25, -0.2) is 0 Å². The van der Waals surface area contributed by atoms with Crippen LogP contribution in [0.1, 0.15) is 18.6 Å². The smallest absolute Gasteiger partial charge is 0.146 e. The number of morpholine rings is 1. The van der Waals surface area contributed by atoms with Gasteiger partial charge in [0.25, 0.3) is 0 Å². The molecule has 1 fully saturated rings. The average molecular weight is 267 g/mol. The first kappa shape index (κ1) is 14.4. The van der Waals surface area contributed by atoms with Gasteiger partial charge < -0.3 is 14.2 Å². The number of aromatic nitrogens is 3. The van der Waals surface area contributed by atoms with Crippen LogP contribution in [-0.2, 0) is 24.8 Å². The summed E-state index contributed by atoms with van der Waals surface area (Å²) in [5.74, 6) is 2.09. The molecule has 19 heavy (non-hydrogen) atoms. The summed E-state index contributed by atoms with van der Waals surface area (Å²) in [6, 6.07) is 0. The van der Waals surface area contributed by atoms with Gasteiger partial charge in [0.1, 0.15) is 11.6 Å². The third-order valence-corrected chi connectivity index (χ3v) is 3.53. The fraction of sp³-hybridized carbons (Fsp3) is 0.846. The highest BCUT2D eigenvalue weighted by atomic mass is 16.5. The Morgan fingerprint density at radius 1 is 1.32 bits per heavy atom. The molecule has 0 bridgehead atoms. The second-order valence-electron chi connectivity index (χ2n) is 5.44. The summed E-state index contributed by atoms with van der Waals surface area (Å²) < 4.78 is 7.89. The van der Waals surface area contributed by atoms with Crippen LogP contribution in [-0.4, -0.2) is 71.0 Å². The lowest BCUT2D eigenvalue weighted by Gasteiger charge is -2.33. The van der Waals surface area contributed by atoms with E-state index >= 15 is 0 Å². The van der Waals surface area contributed by atoms with Crippen molar-refractivity contribution in [3.63, 3.8) is 0 Å². The molecule has 108 valence electrons. The maximum atomic E-state index is 5.79. The third kappa shape index (κ3) is 3.75.